The van der Waals surface area contributed by atoms with Crippen molar-refractivity contribution in [3.8, 4) is 0 Å². The molecule has 8 heteroatoms. The first-order chi connectivity index (χ1) is 18.2. The van der Waals surface area contributed by atoms with Crippen LogP contribution in [0.5, 0.6) is 0 Å². The Balaban J connectivity index is 1.31. The van der Waals surface area contributed by atoms with Crippen molar-refractivity contribution in [3.63, 3.8) is 0 Å². The number of piperazine rings is 1. The topological polar surface area (TPSA) is 75.1 Å². The molecule has 0 radical (unpaired) electrons. The Morgan fingerprint density at radius 2 is 2.00 bits per heavy atom. The molecule has 1 aliphatic heterocycles. The second-order valence-corrected chi connectivity index (χ2v) is 10.1. The fraction of sp³-hybridized carbons (Fsp3) is 0.276. The third kappa shape index (κ3) is 5.03. The Bertz CT molecular complexity index is 1410. The highest BCUT2D eigenvalue weighted by atomic mass is 35.5. The smallest absolute Gasteiger partial charge is 0.243 e. The van der Waals surface area contributed by atoms with E-state index in [1.807, 2.05) is 47.3 Å². The molecule has 0 spiro atoms. The van der Waals surface area contributed by atoms with Crippen molar-refractivity contribution in [2.45, 2.75) is 31.5 Å². The molecule has 1 fully saturated rings. The van der Waals surface area contributed by atoms with E-state index in [0.717, 1.165) is 47.9 Å². The third-order valence-electron chi connectivity index (χ3n) is 7.29. The van der Waals surface area contributed by atoms with Gasteiger partial charge >= 0.3 is 0 Å². The fourth-order valence-electron chi connectivity index (χ4n) is 5.55. The first-order valence-corrected chi connectivity index (χ1v) is 13.1. The van der Waals surface area contributed by atoms with Crippen LogP contribution in [0, 0.1) is 0 Å². The summed E-state index contributed by atoms with van der Waals surface area (Å²) < 4.78 is 2.01. The van der Waals surface area contributed by atoms with E-state index in [2.05, 4.69) is 44.8 Å². The summed E-state index contributed by atoms with van der Waals surface area (Å²) in [4.78, 5) is 25.0. The lowest BCUT2D eigenvalue weighted by molar-refractivity contribution is -0.122. The van der Waals surface area contributed by atoms with Crippen molar-refractivity contribution in [1.82, 2.24) is 24.8 Å². The summed E-state index contributed by atoms with van der Waals surface area (Å²) in [6.45, 7) is 2.82. The molecule has 37 heavy (non-hydrogen) atoms. The minimum atomic E-state index is -0.354. The molecule has 2 aromatic carbocycles. The number of aryl methyl sites for hydroxylation is 2. The van der Waals surface area contributed by atoms with Crippen LogP contribution in [0.25, 0.3) is 0 Å². The van der Waals surface area contributed by atoms with Gasteiger partial charge in [-0.25, -0.2) is 4.98 Å². The molecule has 0 saturated carbocycles. The van der Waals surface area contributed by atoms with Gasteiger partial charge in [0.2, 0.25) is 5.91 Å². The highest BCUT2D eigenvalue weighted by Crippen LogP contribution is 2.38. The Labute approximate surface area is 221 Å². The minimum absolute atomic E-state index is 0.0239. The van der Waals surface area contributed by atoms with Crippen molar-refractivity contribution < 1.29 is 4.79 Å². The molecule has 2 N–H and O–H groups in total. The maximum atomic E-state index is 13.8. The summed E-state index contributed by atoms with van der Waals surface area (Å²) >= 11 is 6.39. The molecule has 1 saturated heterocycles. The number of nitrogens with zero attached hydrogens (tertiary/aromatic N) is 4. The fourth-order valence-corrected chi connectivity index (χ4v) is 5.75. The van der Waals surface area contributed by atoms with E-state index in [9.17, 15) is 4.79 Å². The SMILES string of the molecule is O=C(Nc1cccc(Cn2ccnc2)c1)[C@@H]1CNCCN1[C@@H]1c2ccc(Cl)cc2CCc2cccnc21. The van der Waals surface area contributed by atoms with Crippen LogP contribution >= 0.6 is 11.6 Å². The zero-order valence-electron chi connectivity index (χ0n) is 20.5. The van der Waals surface area contributed by atoms with Crippen LogP contribution in [0.15, 0.2) is 79.5 Å². The maximum Gasteiger partial charge on any atom is 0.243 e. The molecule has 0 bridgehead atoms. The number of hydrogen-bond acceptors (Lipinski definition) is 5. The number of fused-ring (bicyclic) bond motifs is 2. The molecule has 1 aliphatic carbocycles. The Hall–Kier alpha value is -3.52. The predicted octanol–water partition coefficient (Wildman–Crippen LogP) is 4.08. The number of imidazole rings is 1. The number of pyridine rings is 1. The van der Waals surface area contributed by atoms with E-state index < -0.39 is 0 Å². The molecule has 6 rings (SSSR count). The summed E-state index contributed by atoms with van der Waals surface area (Å²) in [5.74, 6) is -0.0239. The molecule has 1 amide bonds. The maximum absolute atomic E-state index is 13.8. The number of carbonyl (C=O) groups is 1. The number of nitrogens with one attached hydrogen (secondary N) is 2. The number of benzene rings is 2. The molecule has 4 aromatic rings. The summed E-state index contributed by atoms with van der Waals surface area (Å²) in [7, 11) is 0. The highest BCUT2D eigenvalue weighted by Gasteiger charge is 2.38. The summed E-state index contributed by atoms with van der Waals surface area (Å²) in [6, 6.07) is 17.8. The summed E-state index contributed by atoms with van der Waals surface area (Å²) in [5.41, 5.74) is 6.56. The van der Waals surface area contributed by atoms with Crippen LogP contribution in [0.2, 0.25) is 5.02 Å². The molecule has 188 valence electrons. The average molecular weight is 513 g/mol. The molecule has 0 unspecified atom stereocenters. The Morgan fingerprint density at radius 1 is 1.08 bits per heavy atom. The predicted molar refractivity (Wildman–Crippen MR) is 145 cm³/mol. The molecule has 2 aromatic heterocycles. The van der Waals surface area contributed by atoms with Crippen molar-refractivity contribution in [2.24, 2.45) is 0 Å². The average Bonchev–Trinajstić information content (AvgIpc) is 3.37. The standard InChI is InChI=1S/C29H29ClN6O/c30-23-8-9-25-22(16-23)7-6-21-4-2-10-33-27(21)28(25)36-14-12-31-17-26(36)29(37)34-24-5-1-3-20(15-24)18-35-13-11-32-19-35/h1-5,8-11,13,15-16,19,26,28,31H,6-7,12,14,17-18H2,(H,34,37)/t26-,28+/m0/s1. The Morgan fingerprint density at radius 3 is 2.89 bits per heavy atom. The van der Waals surface area contributed by atoms with E-state index in [4.69, 9.17) is 16.6 Å². The van der Waals surface area contributed by atoms with Gasteiger partial charge in [0.1, 0.15) is 6.04 Å². The molecule has 2 atom stereocenters. The van der Waals surface area contributed by atoms with Crippen LogP contribution in [-0.4, -0.2) is 51.0 Å². The van der Waals surface area contributed by atoms with Crippen LogP contribution in [0.4, 0.5) is 5.69 Å². The summed E-state index contributed by atoms with van der Waals surface area (Å²) in [5, 5.41) is 7.35. The van der Waals surface area contributed by atoms with Gasteiger partial charge in [0.05, 0.1) is 18.1 Å². The lowest BCUT2D eigenvalue weighted by Crippen LogP contribution is -2.57. The first-order valence-electron chi connectivity index (χ1n) is 12.7. The highest BCUT2D eigenvalue weighted by molar-refractivity contribution is 6.30. The van der Waals surface area contributed by atoms with Gasteiger partial charge in [0, 0.05) is 55.5 Å². The second kappa shape index (κ2) is 10.5. The molecule has 7 nitrogen and oxygen atoms in total. The van der Waals surface area contributed by atoms with E-state index in [-0.39, 0.29) is 18.0 Å². The van der Waals surface area contributed by atoms with E-state index >= 15 is 0 Å². The molecule has 2 aliphatic rings. The number of rotatable bonds is 5. The number of carbonyl (C=O) groups excluding carboxylic acids is 1. The minimum Gasteiger partial charge on any atom is -0.333 e. The number of hydrogen-bond donors (Lipinski definition) is 2. The van der Waals surface area contributed by atoms with Gasteiger partial charge in [-0.05, 0) is 65.4 Å². The normalized spacial score (nSPS) is 19.5. The monoisotopic (exact) mass is 512 g/mol. The van der Waals surface area contributed by atoms with E-state index in [1.165, 1.54) is 16.7 Å². The Kier molecular flexibility index (Phi) is 6.74. The zero-order chi connectivity index (χ0) is 25.2. The number of anilines is 1. The van der Waals surface area contributed by atoms with Crippen molar-refractivity contribution in [3.05, 3.63) is 112 Å². The van der Waals surface area contributed by atoms with Crippen molar-refractivity contribution >= 4 is 23.2 Å². The molecular formula is C29H29ClN6O. The largest absolute Gasteiger partial charge is 0.333 e. The second-order valence-electron chi connectivity index (χ2n) is 9.68. The lowest BCUT2D eigenvalue weighted by atomic mass is 9.94. The third-order valence-corrected chi connectivity index (χ3v) is 7.52. The number of halogens is 1. The van der Waals surface area contributed by atoms with Crippen LogP contribution < -0.4 is 10.6 Å². The van der Waals surface area contributed by atoms with Gasteiger partial charge in [-0.1, -0.05) is 35.9 Å². The van der Waals surface area contributed by atoms with Crippen molar-refractivity contribution in [1.29, 1.82) is 0 Å². The molecular weight excluding hydrogens is 484 g/mol. The van der Waals surface area contributed by atoms with Crippen molar-refractivity contribution in [2.75, 3.05) is 25.0 Å². The zero-order valence-corrected chi connectivity index (χ0v) is 21.2. The van der Waals surface area contributed by atoms with E-state index in [1.54, 1.807) is 12.5 Å². The van der Waals surface area contributed by atoms with Gasteiger partial charge in [0.25, 0.3) is 0 Å². The number of amides is 1. The molecule has 3 heterocycles. The van der Waals surface area contributed by atoms with Crippen LogP contribution in [-0.2, 0) is 24.2 Å². The quantitative estimate of drug-likeness (QED) is 0.421. The van der Waals surface area contributed by atoms with Gasteiger partial charge in [-0.15, -0.1) is 0 Å². The van der Waals surface area contributed by atoms with Gasteiger partial charge in [-0.2, -0.15) is 0 Å². The first kappa shape index (κ1) is 23.9. The van der Waals surface area contributed by atoms with Gasteiger partial charge in [0.15, 0.2) is 0 Å². The lowest BCUT2D eigenvalue weighted by Gasteiger charge is -2.41. The van der Waals surface area contributed by atoms with Gasteiger partial charge in [-0.3, -0.25) is 14.7 Å². The van der Waals surface area contributed by atoms with Gasteiger partial charge < -0.3 is 15.2 Å². The van der Waals surface area contributed by atoms with Crippen LogP contribution in [0.1, 0.15) is 34.0 Å². The summed E-state index contributed by atoms with van der Waals surface area (Å²) in [6.07, 6.45) is 9.15. The van der Waals surface area contributed by atoms with Crippen LogP contribution in [0.3, 0.4) is 0 Å². The number of aromatic nitrogens is 3. The van der Waals surface area contributed by atoms with E-state index in [0.29, 0.717) is 13.1 Å².